The summed E-state index contributed by atoms with van der Waals surface area (Å²) in [5, 5.41) is 7.38. The van der Waals surface area contributed by atoms with Gasteiger partial charge in [-0.2, -0.15) is 4.98 Å². The molecule has 2 unspecified atom stereocenters. The van der Waals surface area contributed by atoms with Crippen molar-refractivity contribution in [2.45, 2.75) is 52.2 Å². The smallest absolute Gasteiger partial charge is 0.231 e. The van der Waals surface area contributed by atoms with E-state index in [0.717, 1.165) is 19.4 Å². The molecule has 1 N–H and O–H groups in total. The maximum absolute atomic E-state index is 5.26. The van der Waals surface area contributed by atoms with Crippen LogP contribution in [-0.4, -0.2) is 29.8 Å². The molecule has 0 fully saturated rings. The van der Waals surface area contributed by atoms with Gasteiger partial charge in [-0.1, -0.05) is 25.9 Å². The Morgan fingerprint density at radius 3 is 2.76 bits per heavy atom. The number of methoxy groups -OCH3 is 1. The Balaban J connectivity index is 2.61. The second-order valence-corrected chi connectivity index (χ2v) is 4.24. The van der Waals surface area contributed by atoms with Crippen LogP contribution in [0.2, 0.25) is 0 Å². The van der Waals surface area contributed by atoms with Gasteiger partial charge in [0.1, 0.15) is 6.61 Å². The van der Waals surface area contributed by atoms with Crippen LogP contribution in [0.5, 0.6) is 0 Å². The van der Waals surface area contributed by atoms with Gasteiger partial charge >= 0.3 is 0 Å². The highest BCUT2D eigenvalue weighted by Crippen LogP contribution is 2.19. The Morgan fingerprint density at radius 1 is 1.41 bits per heavy atom. The molecule has 0 bridgehead atoms. The lowest BCUT2D eigenvalue weighted by molar-refractivity contribution is 0.174. The van der Waals surface area contributed by atoms with Crippen molar-refractivity contribution in [2.24, 2.45) is 0 Å². The van der Waals surface area contributed by atoms with E-state index in [1.54, 1.807) is 7.11 Å². The van der Waals surface area contributed by atoms with E-state index in [9.17, 15) is 0 Å². The largest absolute Gasteiger partial charge is 0.377 e. The molecule has 1 aromatic rings. The minimum atomic E-state index is 0.227. The predicted molar refractivity (Wildman–Crippen MR) is 65.8 cm³/mol. The standard InChI is InChI=1S/C12H23N3O2/c1-5-7-13-10(6-2)9(3)12-14-11(8-16-4)15-17-12/h9-10,13H,5-8H2,1-4H3. The number of aromatic nitrogens is 2. The van der Waals surface area contributed by atoms with Crippen LogP contribution < -0.4 is 5.32 Å². The minimum Gasteiger partial charge on any atom is -0.377 e. The SMILES string of the molecule is CCCNC(CC)C(C)c1nc(COC)no1. The van der Waals surface area contributed by atoms with E-state index in [1.807, 2.05) is 0 Å². The maximum atomic E-state index is 5.26. The van der Waals surface area contributed by atoms with Crippen molar-refractivity contribution >= 4 is 0 Å². The van der Waals surface area contributed by atoms with E-state index in [0.29, 0.717) is 24.4 Å². The molecule has 0 amide bonds. The second-order valence-electron chi connectivity index (χ2n) is 4.24. The zero-order valence-corrected chi connectivity index (χ0v) is 11.2. The predicted octanol–water partition coefficient (Wildman–Crippen LogP) is 2.10. The highest BCUT2D eigenvalue weighted by Gasteiger charge is 2.22. The third-order valence-corrected chi connectivity index (χ3v) is 2.85. The van der Waals surface area contributed by atoms with Gasteiger partial charge in [-0.25, -0.2) is 0 Å². The number of nitrogens with one attached hydrogen (secondary N) is 1. The van der Waals surface area contributed by atoms with Crippen molar-refractivity contribution in [3.8, 4) is 0 Å². The number of nitrogens with zero attached hydrogens (tertiary/aromatic N) is 2. The van der Waals surface area contributed by atoms with E-state index in [2.05, 4.69) is 36.2 Å². The summed E-state index contributed by atoms with van der Waals surface area (Å²) in [5.41, 5.74) is 0. The van der Waals surface area contributed by atoms with Gasteiger partial charge in [-0.05, 0) is 19.4 Å². The fraction of sp³-hybridized carbons (Fsp3) is 0.833. The van der Waals surface area contributed by atoms with E-state index in [1.165, 1.54) is 0 Å². The molecule has 0 aliphatic carbocycles. The minimum absolute atomic E-state index is 0.227. The van der Waals surface area contributed by atoms with Crippen molar-refractivity contribution in [3.63, 3.8) is 0 Å². The molecule has 17 heavy (non-hydrogen) atoms. The first-order chi connectivity index (χ1) is 8.22. The Kier molecular flexibility index (Phi) is 6.15. The molecule has 0 spiro atoms. The van der Waals surface area contributed by atoms with Crippen molar-refractivity contribution in [1.82, 2.24) is 15.5 Å². The molecule has 98 valence electrons. The molecule has 0 aromatic carbocycles. The van der Waals surface area contributed by atoms with Crippen molar-refractivity contribution < 1.29 is 9.26 Å². The third kappa shape index (κ3) is 4.09. The molecule has 0 radical (unpaired) electrons. The van der Waals surface area contributed by atoms with Crippen LogP contribution in [0.1, 0.15) is 51.2 Å². The zero-order chi connectivity index (χ0) is 12.7. The van der Waals surface area contributed by atoms with Crippen LogP contribution in [0, 0.1) is 0 Å². The number of ether oxygens (including phenoxy) is 1. The van der Waals surface area contributed by atoms with E-state index < -0.39 is 0 Å². The highest BCUT2D eigenvalue weighted by molar-refractivity contribution is 4.96. The van der Waals surface area contributed by atoms with Gasteiger partial charge in [-0.3, -0.25) is 0 Å². The summed E-state index contributed by atoms with van der Waals surface area (Å²) >= 11 is 0. The summed E-state index contributed by atoms with van der Waals surface area (Å²) in [6.45, 7) is 7.85. The monoisotopic (exact) mass is 241 g/mol. The normalized spacial score (nSPS) is 14.8. The molecule has 1 heterocycles. The van der Waals surface area contributed by atoms with Crippen molar-refractivity contribution in [3.05, 3.63) is 11.7 Å². The van der Waals surface area contributed by atoms with Crippen LogP contribution in [0.25, 0.3) is 0 Å². The Hall–Kier alpha value is -0.940. The van der Waals surface area contributed by atoms with Crippen molar-refractivity contribution in [1.29, 1.82) is 0 Å². The van der Waals surface area contributed by atoms with Crippen LogP contribution in [0.15, 0.2) is 4.52 Å². The Labute approximate surface area is 103 Å². The lowest BCUT2D eigenvalue weighted by atomic mass is 9.99. The molecule has 0 aliphatic rings. The van der Waals surface area contributed by atoms with Crippen LogP contribution in [-0.2, 0) is 11.3 Å². The summed E-state index contributed by atoms with van der Waals surface area (Å²) < 4.78 is 10.2. The molecule has 5 heteroatoms. The molecular formula is C12H23N3O2. The average molecular weight is 241 g/mol. The third-order valence-electron chi connectivity index (χ3n) is 2.85. The summed E-state index contributed by atoms with van der Waals surface area (Å²) in [4.78, 5) is 4.33. The Morgan fingerprint density at radius 2 is 2.18 bits per heavy atom. The van der Waals surface area contributed by atoms with Gasteiger partial charge in [0.05, 0.1) is 5.92 Å². The first-order valence-electron chi connectivity index (χ1n) is 6.27. The highest BCUT2D eigenvalue weighted by atomic mass is 16.5. The average Bonchev–Trinajstić information content (AvgIpc) is 2.79. The molecule has 5 nitrogen and oxygen atoms in total. The van der Waals surface area contributed by atoms with E-state index in [-0.39, 0.29) is 5.92 Å². The molecule has 2 atom stereocenters. The fourth-order valence-electron chi connectivity index (χ4n) is 1.82. The summed E-state index contributed by atoms with van der Waals surface area (Å²) in [5.74, 6) is 1.52. The number of hydrogen-bond donors (Lipinski definition) is 1. The lowest BCUT2D eigenvalue weighted by Crippen LogP contribution is -2.33. The topological polar surface area (TPSA) is 60.2 Å². The summed E-state index contributed by atoms with van der Waals surface area (Å²) in [6, 6.07) is 0.380. The molecule has 0 saturated heterocycles. The molecule has 1 rings (SSSR count). The van der Waals surface area contributed by atoms with Crippen LogP contribution in [0.4, 0.5) is 0 Å². The van der Waals surface area contributed by atoms with Gasteiger partial charge in [0.15, 0.2) is 5.82 Å². The molecule has 0 aliphatic heterocycles. The first-order valence-corrected chi connectivity index (χ1v) is 6.27. The first kappa shape index (κ1) is 14.1. The van der Waals surface area contributed by atoms with E-state index >= 15 is 0 Å². The quantitative estimate of drug-likeness (QED) is 0.755. The lowest BCUT2D eigenvalue weighted by Gasteiger charge is -2.20. The number of rotatable bonds is 8. The van der Waals surface area contributed by atoms with Gasteiger partial charge in [0, 0.05) is 13.2 Å². The van der Waals surface area contributed by atoms with Crippen LogP contribution in [0.3, 0.4) is 0 Å². The van der Waals surface area contributed by atoms with Gasteiger partial charge < -0.3 is 14.6 Å². The molecular weight excluding hydrogens is 218 g/mol. The van der Waals surface area contributed by atoms with Crippen molar-refractivity contribution in [2.75, 3.05) is 13.7 Å². The fourth-order valence-corrected chi connectivity index (χ4v) is 1.82. The van der Waals surface area contributed by atoms with Gasteiger partial charge in [-0.15, -0.1) is 0 Å². The second kappa shape index (κ2) is 7.40. The molecule has 0 saturated carbocycles. The van der Waals surface area contributed by atoms with Gasteiger partial charge in [0.25, 0.3) is 0 Å². The van der Waals surface area contributed by atoms with Crippen LogP contribution >= 0.6 is 0 Å². The van der Waals surface area contributed by atoms with E-state index in [4.69, 9.17) is 9.26 Å². The Bertz CT molecular complexity index is 314. The number of hydrogen-bond acceptors (Lipinski definition) is 5. The van der Waals surface area contributed by atoms with Gasteiger partial charge in [0.2, 0.25) is 5.89 Å². The maximum Gasteiger partial charge on any atom is 0.231 e. The summed E-state index contributed by atoms with van der Waals surface area (Å²) in [7, 11) is 1.62. The molecule has 1 aromatic heterocycles. The zero-order valence-electron chi connectivity index (χ0n) is 11.2. The summed E-state index contributed by atoms with van der Waals surface area (Å²) in [6.07, 6.45) is 2.17.